The van der Waals surface area contributed by atoms with Gasteiger partial charge in [-0.2, -0.15) is 0 Å². The molecule has 0 radical (unpaired) electrons. The number of fused-ring (bicyclic) bond motifs is 3. The molecule has 7 nitrogen and oxygen atoms in total. The van der Waals surface area contributed by atoms with Gasteiger partial charge in [0, 0.05) is 25.6 Å². The van der Waals surface area contributed by atoms with Crippen LogP contribution in [-0.2, 0) is 14.3 Å². The fourth-order valence-electron chi connectivity index (χ4n) is 5.81. The summed E-state index contributed by atoms with van der Waals surface area (Å²) in [5.74, 6) is 0.433. The molecule has 2 bridgehead atoms. The number of nitrogens with zero attached hydrogens (tertiary/aromatic N) is 3. The van der Waals surface area contributed by atoms with Gasteiger partial charge in [0.15, 0.2) is 0 Å². The van der Waals surface area contributed by atoms with Crippen LogP contribution in [0.2, 0.25) is 0 Å². The molecule has 1 aliphatic carbocycles. The summed E-state index contributed by atoms with van der Waals surface area (Å²) >= 11 is 0. The van der Waals surface area contributed by atoms with Crippen LogP contribution in [0.5, 0.6) is 0 Å². The molecule has 1 unspecified atom stereocenters. The van der Waals surface area contributed by atoms with Gasteiger partial charge < -0.3 is 19.4 Å². The highest BCUT2D eigenvalue weighted by Crippen LogP contribution is 2.50. The second kappa shape index (κ2) is 8.79. The van der Waals surface area contributed by atoms with E-state index in [0.29, 0.717) is 12.5 Å². The molecule has 4 saturated heterocycles. The van der Waals surface area contributed by atoms with Crippen LogP contribution >= 0.6 is 0 Å². The SMILES string of the molecule is CC1(C)O[C@@]2(C)CC[C@@H]1[C@@H](N1CCCCC1)/C2=N\OCC(O)CN1CCOCC1. The molecule has 5 aliphatic rings. The number of aliphatic hydroxyl groups excluding tert-OH is 1. The number of morpholine rings is 1. The molecule has 0 aromatic rings. The van der Waals surface area contributed by atoms with E-state index in [1.54, 1.807) is 0 Å². The molecule has 1 saturated carbocycles. The lowest BCUT2D eigenvalue weighted by atomic mass is 9.64. The maximum atomic E-state index is 10.4. The van der Waals surface area contributed by atoms with Gasteiger partial charge in [0.1, 0.15) is 24.0 Å². The molecular weight excluding hydrogens is 370 g/mol. The Bertz CT molecular complexity index is 587. The van der Waals surface area contributed by atoms with E-state index in [9.17, 15) is 5.11 Å². The molecule has 4 heterocycles. The molecule has 1 N–H and O–H groups in total. The minimum absolute atomic E-state index is 0.149. The molecule has 0 aromatic carbocycles. The van der Waals surface area contributed by atoms with E-state index in [0.717, 1.165) is 51.5 Å². The smallest absolute Gasteiger partial charge is 0.144 e. The van der Waals surface area contributed by atoms with Crippen molar-refractivity contribution in [1.29, 1.82) is 0 Å². The number of likely N-dealkylation sites (tertiary alicyclic amines) is 1. The van der Waals surface area contributed by atoms with Gasteiger partial charge in [0.25, 0.3) is 0 Å². The molecule has 5 fully saturated rings. The Kier molecular flexibility index (Phi) is 6.52. The van der Waals surface area contributed by atoms with Crippen LogP contribution in [0.4, 0.5) is 0 Å². The third-order valence-electron chi connectivity index (χ3n) is 7.30. The van der Waals surface area contributed by atoms with Gasteiger partial charge in [0.05, 0.1) is 24.9 Å². The first-order valence-electron chi connectivity index (χ1n) is 11.5. The lowest BCUT2D eigenvalue weighted by molar-refractivity contribution is -0.197. The predicted molar refractivity (Wildman–Crippen MR) is 112 cm³/mol. The number of ether oxygens (including phenoxy) is 2. The highest BCUT2D eigenvalue weighted by atomic mass is 16.6. The van der Waals surface area contributed by atoms with Crippen LogP contribution < -0.4 is 0 Å². The number of hydrogen-bond acceptors (Lipinski definition) is 7. The minimum Gasteiger partial charge on any atom is -0.393 e. The molecule has 0 amide bonds. The van der Waals surface area contributed by atoms with Crippen molar-refractivity contribution in [2.45, 2.75) is 76.2 Å². The molecule has 166 valence electrons. The zero-order chi connectivity index (χ0) is 20.5. The summed E-state index contributed by atoms with van der Waals surface area (Å²) < 4.78 is 11.9. The quantitative estimate of drug-likeness (QED) is 0.676. The van der Waals surface area contributed by atoms with Crippen molar-refractivity contribution < 1.29 is 19.4 Å². The van der Waals surface area contributed by atoms with Crippen molar-refractivity contribution in [1.82, 2.24) is 9.80 Å². The maximum Gasteiger partial charge on any atom is 0.144 e. The number of β-amino-alcohol motifs (C(OH)–C–C–N with tert-alkyl or cyclic N) is 1. The Morgan fingerprint density at radius 1 is 1.14 bits per heavy atom. The van der Waals surface area contributed by atoms with Gasteiger partial charge in [-0.1, -0.05) is 11.6 Å². The fraction of sp³-hybridized carbons (Fsp3) is 0.955. The summed E-state index contributed by atoms with van der Waals surface area (Å²) in [6.45, 7) is 12.9. The van der Waals surface area contributed by atoms with Crippen LogP contribution in [0.3, 0.4) is 0 Å². The number of oxime groups is 1. The average Bonchev–Trinajstić information content (AvgIpc) is 2.69. The number of hydrogen-bond donors (Lipinski definition) is 1. The zero-order valence-corrected chi connectivity index (χ0v) is 18.4. The van der Waals surface area contributed by atoms with Gasteiger partial charge in [-0.3, -0.25) is 9.80 Å². The summed E-state index contributed by atoms with van der Waals surface area (Å²) in [6, 6.07) is 0.286. The van der Waals surface area contributed by atoms with Crippen LogP contribution in [-0.4, -0.2) is 96.5 Å². The highest BCUT2D eigenvalue weighted by molar-refractivity contribution is 5.98. The van der Waals surface area contributed by atoms with Crippen molar-refractivity contribution in [3.05, 3.63) is 0 Å². The first kappa shape index (κ1) is 21.5. The Labute approximate surface area is 175 Å². The van der Waals surface area contributed by atoms with E-state index in [1.165, 1.54) is 25.7 Å². The third kappa shape index (κ3) is 4.64. The molecule has 29 heavy (non-hydrogen) atoms. The molecule has 5 rings (SSSR count). The zero-order valence-electron chi connectivity index (χ0n) is 18.4. The van der Waals surface area contributed by atoms with E-state index in [-0.39, 0.29) is 23.9 Å². The normalized spacial score (nSPS) is 38.3. The first-order chi connectivity index (χ1) is 13.9. The molecule has 0 aromatic heterocycles. The predicted octanol–water partition coefficient (Wildman–Crippen LogP) is 1.88. The molecule has 4 atom stereocenters. The van der Waals surface area contributed by atoms with E-state index >= 15 is 0 Å². The van der Waals surface area contributed by atoms with Crippen molar-refractivity contribution in [3.63, 3.8) is 0 Å². The molecular formula is C22H39N3O4. The maximum absolute atomic E-state index is 10.4. The lowest BCUT2D eigenvalue weighted by Crippen LogP contribution is -2.70. The van der Waals surface area contributed by atoms with Crippen molar-refractivity contribution in [2.24, 2.45) is 11.1 Å². The van der Waals surface area contributed by atoms with Crippen LogP contribution in [0.1, 0.15) is 52.9 Å². The largest absolute Gasteiger partial charge is 0.393 e. The van der Waals surface area contributed by atoms with E-state index in [4.69, 9.17) is 14.3 Å². The van der Waals surface area contributed by atoms with Gasteiger partial charge in [0.2, 0.25) is 0 Å². The topological polar surface area (TPSA) is 66.8 Å². The van der Waals surface area contributed by atoms with E-state index in [2.05, 4.69) is 35.7 Å². The second-order valence-corrected chi connectivity index (χ2v) is 9.96. The highest BCUT2D eigenvalue weighted by Gasteiger charge is 2.59. The second-order valence-electron chi connectivity index (χ2n) is 9.96. The van der Waals surface area contributed by atoms with Crippen LogP contribution in [0.15, 0.2) is 5.16 Å². The summed E-state index contributed by atoms with van der Waals surface area (Å²) in [6.07, 6.45) is 5.45. The summed E-state index contributed by atoms with van der Waals surface area (Å²) in [5, 5.41) is 15.0. The van der Waals surface area contributed by atoms with Crippen LogP contribution in [0.25, 0.3) is 0 Å². The summed E-state index contributed by atoms with van der Waals surface area (Å²) in [5.41, 5.74) is 0.507. The van der Waals surface area contributed by atoms with Crippen molar-refractivity contribution >= 4 is 5.71 Å². The molecule has 7 heteroatoms. The Morgan fingerprint density at radius 3 is 2.55 bits per heavy atom. The number of rotatable bonds is 6. The Balaban J connectivity index is 1.44. The van der Waals surface area contributed by atoms with Gasteiger partial charge in [-0.25, -0.2) is 0 Å². The fourth-order valence-corrected chi connectivity index (χ4v) is 5.81. The lowest BCUT2D eigenvalue weighted by Gasteiger charge is -2.60. The average molecular weight is 410 g/mol. The van der Waals surface area contributed by atoms with Gasteiger partial charge in [-0.05, 0) is 59.5 Å². The molecule has 0 spiro atoms. The Morgan fingerprint density at radius 2 is 1.86 bits per heavy atom. The van der Waals surface area contributed by atoms with E-state index in [1.807, 2.05) is 0 Å². The Hall–Kier alpha value is -0.730. The summed E-state index contributed by atoms with van der Waals surface area (Å²) in [7, 11) is 0. The third-order valence-corrected chi connectivity index (χ3v) is 7.30. The van der Waals surface area contributed by atoms with Crippen LogP contribution in [0, 0.1) is 5.92 Å². The van der Waals surface area contributed by atoms with Gasteiger partial charge in [-0.15, -0.1) is 0 Å². The van der Waals surface area contributed by atoms with E-state index < -0.39 is 6.10 Å². The summed E-state index contributed by atoms with van der Waals surface area (Å²) in [4.78, 5) is 10.6. The standard InChI is InChI=1S/C22H39N3O4/c1-21(2)18-7-8-22(3,29-21)20(19(18)25-9-5-4-6-10-25)23-28-16-17(26)15-24-11-13-27-14-12-24/h17-19,26H,4-16H2,1-3H3/b23-20+/t17?,18-,19-,22+/m1/s1. The molecule has 4 aliphatic heterocycles. The number of aliphatic hydroxyl groups is 1. The minimum atomic E-state index is -0.545. The van der Waals surface area contributed by atoms with Crippen molar-refractivity contribution in [3.8, 4) is 0 Å². The number of piperidine rings is 1. The van der Waals surface area contributed by atoms with Gasteiger partial charge >= 0.3 is 0 Å². The van der Waals surface area contributed by atoms with Crippen molar-refractivity contribution in [2.75, 3.05) is 52.5 Å². The monoisotopic (exact) mass is 409 g/mol. The first-order valence-corrected chi connectivity index (χ1v) is 11.5.